The van der Waals surface area contributed by atoms with Crippen molar-refractivity contribution in [2.24, 2.45) is 0 Å². The van der Waals surface area contributed by atoms with E-state index >= 15 is 0 Å². The average molecular weight is 220 g/mol. The van der Waals surface area contributed by atoms with Gasteiger partial charge in [-0.1, -0.05) is 30.3 Å². The maximum absolute atomic E-state index is 12.0. The highest BCUT2D eigenvalue weighted by Crippen LogP contribution is 2.35. The van der Waals surface area contributed by atoms with Gasteiger partial charge in [0.05, 0.1) is 12.5 Å². The van der Waals surface area contributed by atoms with Crippen LogP contribution in [0.3, 0.4) is 0 Å². The SMILES string of the molecule is COC(=O)C1(c2ccccc2)CCOCC1. The smallest absolute Gasteiger partial charge is 0.316 e. The summed E-state index contributed by atoms with van der Waals surface area (Å²) >= 11 is 0. The summed E-state index contributed by atoms with van der Waals surface area (Å²) < 4.78 is 10.3. The summed E-state index contributed by atoms with van der Waals surface area (Å²) in [4.78, 5) is 12.0. The van der Waals surface area contributed by atoms with Crippen molar-refractivity contribution in [3.63, 3.8) is 0 Å². The van der Waals surface area contributed by atoms with E-state index in [0.717, 1.165) is 5.56 Å². The van der Waals surface area contributed by atoms with Gasteiger partial charge in [0.25, 0.3) is 0 Å². The van der Waals surface area contributed by atoms with E-state index in [1.807, 2.05) is 30.3 Å². The third kappa shape index (κ3) is 1.83. The summed E-state index contributed by atoms with van der Waals surface area (Å²) in [6, 6.07) is 9.84. The van der Waals surface area contributed by atoms with E-state index in [9.17, 15) is 4.79 Å². The number of carbonyl (C=O) groups is 1. The topological polar surface area (TPSA) is 35.5 Å². The van der Waals surface area contributed by atoms with Crippen LogP contribution in [0.4, 0.5) is 0 Å². The van der Waals surface area contributed by atoms with Crippen LogP contribution >= 0.6 is 0 Å². The monoisotopic (exact) mass is 220 g/mol. The van der Waals surface area contributed by atoms with E-state index in [2.05, 4.69) is 0 Å². The van der Waals surface area contributed by atoms with Crippen LogP contribution in [0, 0.1) is 0 Å². The molecule has 0 unspecified atom stereocenters. The second-order valence-electron chi connectivity index (χ2n) is 4.05. The zero-order valence-corrected chi connectivity index (χ0v) is 9.44. The molecule has 1 heterocycles. The zero-order chi connectivity index (χ0) is 11.4. The lowest BCUT2D eigenvalue weighted by Gasteiger charge is -2.34. The lowest BCUT2D eigenvalue weighted by molar-refractivity contribution is -0.151. The van der Waals surface area contributed by atoms with Crippen LogP contribution in [0.25, 0.3) is 0 Å². The van der Waals surface area contributed by atoms with Crippen molar-refractivity contribution in [2.75, 3.05) is 20.3 Å². The highest BCUT2D eigenvalue weighted by Gasteiger charge is 2.42. The van der Waals surface area contributed by atoms with E-state index in [1.165, 1.54) is 7.11 Å². The number of rotatable bonds is 2. The Morgan fingerprint density at radius 3 is 2.44 bits per heavy atom. The van der Waals surface area contributed by atoms with Crippen LogP contribution in [0.5, 0.6) is 0 Å². The number of methoxy groups -OCH3 is 1. The molecular weight excluding hydrogens is 204 g/mol. The van der Waals surface area contributed by atoms with Gasteiger partial charge in [-0.15, -0.1) is 0 Å². The van der Waals surface area contributed by atoms with E-state index < -0.39 is 5.41 Å². The Bertz CT molecular complexity index is 353. The molecule has 3 nitrogen and oxygen atoms in total. The van der Waals surface area contributed by atoms with Crippen LogP contribution in [0.1, 0.15) is 18.4 Å². The Kier molecular flexibility index (Phi) is 3.25. The lowest BCUT2D eigenvalue weighted by atomic mass is 9.74. The molecule has 0 amide bonds. The van der Waals surface area contributed by atoms with Crippen LogP contribution in [-0.4, -0.2) is 26.3 Å². The van der Waals surface area contributed by atoms with Gasteiger partial charge in [-0.05, 0) is 18.4 Å². The fourth-order valence-electron chi connectivity index (χ4n) is 2.28. The molecule has 0 radical (unpaired) electrons. The molecule has 1 saturated heterocycles. The summed E-state index contributed by atoms with van der Waals surface area (Å²) in [6.45, 7) is 1.23. The minimum Gasteiger partial charge on any atom is -0.468 e. The largest absolute Gasteiger partial charge is 0.468 e. The number of ether oxygens (including phenoxy) is 2. The highest BCUT2D eigenvalue weighted by atomic mass is 16.5. The maximum atomic E-state index is 12.0. The van der Waals surface area contributed by atoms with Crippen LogP contribution < -0.4 is 0 Å². The van der Waals surface area contributed by atoms with Gasteiger partial charge in [-0.3, -0.25) is 4.79 Å². The quantitative estimate of drug-likeness (QED) is 0.714. The molecule has 0 aromatic heterocycles. The minimum atomic E-state index is -0.506. The minimum absolute atomic E-state index is 0.151. The molecule has 0 saturated carbocycles. The molecular formula is C13H16O3. The summed E-state index contributed by atoms with van der Waals surface area (Å²) in [5.74, 6) is -0.151. The molecule has 1 aromatic rings. The van der Waals surface area contributed by atoms with Gasteiger partial charge in [0.15, 0.2) is 0 Å². The molecule has 0 spiro atoms. The first kappa shape index (κ1) is 11.1. The summed E-state index contributed by atoms with van der Waals surface area (Å²) in [5, 5.41) is 0. The Balaban J connectivity index is 2.38. The van der Waals surface area contributed by atoms with Crippen molar-refractivity contribution >= 4 is 5.97 Å². The molecule has 3 heteroatoms. The van der Waals surface area contributed by atoms with E-state index in [4.69, 9.17) is 9.47 Å². The molecule has 2 rings (SSSR count). The van der Waals surface area contributed by atoms with Gasteiger partial charge < -0.3 is 9.47 Å². The summed E-state index contributed by atoms with van der Waals surface area (Å²) in [6.07, 6.45) is 1.40. The van der Waals surface area contributed by atoms with E-state index in [0.29, 0.717) is 26.1 Å². The van der Waals surface area contributed by atoms with Gasteiger partial charge in [-0.2, -0.15) is 0 Å². The predicted octanol–water partition coefficient (Wildman–Crippen LogP) is 1.91. The zero-order valence-electron chi connectivity index (χ0n) is 9.44. The van der Waals surface area contributed by atoms with E-state index in [-0.39, 0.29) is 5.97 Å². The van der Waals surface area contributed by atoms with Crippen molar-refractivity contribution in [1.82, 2.24) is 0 Å². The number of esters is 1. The number of benzene rings is 1. The first-order chi connectivity index (χ1) is 7.79. The summed E-state index contributed by atoms with van der Waals surface area (Å²) in [7, 11) is 1.45. The number of hydrogen-bond acceptors (Lipinski definition) is 3. The number of hydrogen-bond donors (Lipinski definition) is 0. The molecule has 86 valence electrons. The Morgan fingerprint density at radius 1 is 1.25 bits per heavy atom. The molecule has 0 bridgehead atoms. The fourth-order valence-corrected chi connectivity index (χ4v) is 2.28. The standard InChI is InChI=1S/C13H16O3/c1-15-12(14)13(7-9-16-10-8-13)11-5-3-2-4-6-11/h2-6H,7-10H2,1H3. The van der Waals surface area contributed by atoms with Gasteiger partial charge in [0.2, 0.25) is 0 Å². The molecule has 0 aliphatic carbocycles. The normalized spacial score (nSPS) is 19.1. The maximum Gasteiger partial charge on any atom is 0.316 e. The second kappa shape index (κ2) is 4.66. The number of carbonyl (C=O) groups excluding carboxylic acids is 1. The molecule has 1 aliphatic heterocycles. The van der Waals surface area contributed by atoms with E-state index in [1.54, 1.807) is 0 Å². The molecule has 1 aliphatic rings. The van der Waals surface area contributed by atoms with Crippen molar-refractivity contribution in [3.8, 4) is 0 Å². The van der Waals surface area contributed by atoms with Gasteiger partial charge in [0, 0.05) is 13.2 Å². The predicted molar refractivity (Wildman–Crippen MR) is 60.2 cm³/mol. The Morgan fingerprint density at radius 2 is 1.88 bits per heavy atom. The molecule has 1 aromatic carbocycles. The van der Waals surface area contributed by atoms with Crippen LogP contribution in [0.2, 0.25) is 0 Å². The van der Waals surface area contributed by atoms with Crippen molar-refractivity contribution in [2.45, 2.75) is 18.3 Å². The van der Waals surface area contributed by atoms with Crippen molar-refractivity contribution < 1.29 is 14.3 Å². The van der Waals surface area contributed by atoms with Gasteiger partial charge in [0.1, 0.15) is 0 Å². The molecule has 0 N–H and O–H groups in total. The average Bonchev–Trinajstić information content (AvgIpc) is 2.39. The molecule has 1 fully saturated rings. The fraction of sp³-hybridized carbons (Fsp3) is 0.462. The van der Waals surface area contributed by atoms with Crippen LogP contribution in [-0.2, 0) is 19.7 Å². The molecule has 16 heavy (non-hydrogen) atoms. The summed E-state index contributed by atoms with van der Waals surface area (Å²) in [5.41, 5.74) is 0.527. The van der Waals surface area contributed by atoms with Crippen molar-refractivity contribution in [3.05, 3.63) is 35.9 Å². The van der Waals surface area contributed by atoms with Crippen LogP contribution in [0.15, 0.2) is 30.3 Å². The third-order valence-electron chi connectivity index (χ3n) is 3.25. The first-order valence-electron chi connectivity index (χ1n) is 5.51. The Hall–Kier alpha value is -1.35. The second-order valence-corrected chi connectivity index (χ2v) is 4.05. The van der Waals surface area contributed by atoms with Gasteiger partial charge >= 0.3 is 5.97 Å². The van der Waals surface area contributed by atoms with Gasteiger partial charge in [-0.25, -0.2) is 0 Å². The third-order valence-corrected chi connectivity index (χ3v) is 3.25. The lowest BCUT2D eigenvalue weighted by Crippen LogP contribution is -2.42. The highest BCUT2D eigenvalue weighted by molar-refractivity contribution is 5.83. The Labute approximate surface area is 95.4 Å². The molecule has 0 atom stereocenters. The first-order valence-corrected chi connectivity index (χ1v) is 5.51. The van der Waals surface area contributed by atoms with Crippen molar-refractivity contribution in [1.29, 1.82) is 0 Å².